The second-order valence-corrected chi connectivity index (χ2v) is 5.62. The molecule has 1 amide bonds. The van der Waals surface area contributed by atoms with E-state index in [0.717, 1.165) is 18.5 Å². The molecule has 19 heavy (non-hydrogen) atoms. The van der Waals surface area contributed by atoms with Gasteiger partial charge < -0.3 is 16.4 Å². The fraction of sp³-hybridized carbons (Fsp3) is 0.533. The Kier molecular flexibility index (Phi) is 5.51. The fourth-order valence-electron chi connectivity index (χ4n) is 2.03. The number of carbonyl (C=O) groups is 1. The SMILES string of the molecule is CC(C)CCN(C)CC(N)(C(N)=O)c1ccccc1. The Balaban J connectivity index is 2.81. The van der Waals surface area contributed by atoms with Crippen molar-refractivity contribution in [1.29, 1.82) is 0 Å². The highest BCUT2D eigenvalue weighted by molar-refractivity contribution is 5.86. The van der Waals surface area contributed by atoms with Crippen molar-refractivity contribution in [1.82, 2.24) is 4.90 Å². The van der Waals surface area contributed by atoms with E-state index in [0.29, 0.717) is 12.5 Å². The highest BCUT2D eigenvalue weighted by atomic mass is 16.1. The van der Waals surface area contributed by atoms with E-state index in [1.54, 1.807) is 0 Å². The molecular weight excluding hydrogens is 238 g/mol. The Hall–Kier alpha value is -1.39. The van der Waals surface area contributed by atoms with E-state index in [1.165, 1.54) is 0 Å². The predicted molar refractivity (Wildman–Crippen MR) is 78.5 cm³/mol. The average Bonchev–Trinajstić information content (AvgIpc) is 2.37. The molecular formula is C15H25N3O. The minimum Gasteiger partial charge on any atom is -0.368 e. The van der Waals surface area contributed by atoms with Crippen LogP contribution in [-0.4, -0.2) is 30.9 Å². The second-order valence-electron chi connectivity index (χ2n) is 5.62. The number of primary amides is 1. The third-order valence-corrected chi connectivity index (χ3v) is 3.34. The van der Waals surface area contributed by atoms with E-state index in [-0.39, 0.29) is 0 Å². The van der Waals surface area contributed by atoms with Gasteiger partial charge in [0.15, 0.2) is 0 Å². The van der Waals surface area contributed by atoms with Gasteiger partial charge in [0.2, 0.25) is 5.91 Å². The number of amides is 1. The minimum atomic E-state index is -1.13. The van der Waals surface area contributed by atoms with Gasteiger partial charge >= 0.3 is 0 Å². The monoisotopic (exact) mass is 263 g/mol. The molecule has 1 atom stereocenters. The summed E-state index contributed by atoms with van der Waals surface area (Å²) < 4.78 is 0. The lowest BCUT2D eigenvalue weighted by Crippen LogP contribution is -2.55. The van der Waals surface area contributed by atoms with E-state index in [2.05, 4.69) is 18.7 Å². The van der Waals surface area contributed by atoms with Crippen LogP contribution in [0.4, 0.5) is 0 Å². The molecule has 1 unspecified atom stereocenters. The molecule has 4 heteroatoms. The minimum absolute atomic E-state index is 0.430. The lowest BCUT2D eigenvalue weighted by Gasteiger charge is -2.31. The first-order chi connectivity index (χ1) is 8.86. The smallest absolute Gasteiger partial charge is 0.243 e. The number of carbonyl (C=O) groups excluding carboxylic acids is 1. The summed E-state index contributed by atoms with van der Waals surface area (Å²) in [4.78, 5) is 13.8. The molecule has 0 aliphatic heterocycles. The van der Waals surface area contributed by atoms with E-state index in [9.17, 15) is 4.79 Å². The van der Waals surface area contributed by atoms with Crippen LogP contribution < -0.4 is 11.5 Å². The van der Waals surface area contributed by atoms with Crippen molar-refractivity contribution < 1.29 is 4.79 Å². The zero-order valence-electron chi connectivity index (χ0n) is 12.1. The van der Waals surface area contributed by atoms with E-state index >= 15 is 0 Å². The zero-order valence-corrected chi connectivity index (χ0v) is 12.1. The van der Waals surface area contributed by atoms with Gasteiger partial charge in [-0.25, -0.2) is 0 Å². The third kappa shape index (κ3) is 4.33. The first-order valence-corrected chi connectivity index (χ1v) is 6.69. The van der Waals surface area contributed by atoms with Crippen LogP contribution in [0.3, 0.4) is 0 Å². The van der Waals surface area contributed by atoms with Crippen LogP contribution in [-0.2, 0) is 10.3 Å². The molecule has 4 nitrogen and oxygen atoms in total. The third-order valence-electron chi connectivity index (χ3n) is 3.34. The van der Waals surface area contributed by atoms with Crippen LogP contribution in [0.5, 0.6) is 0 Å². The Morgan fingerprint density at radius 2 is 1.89 bits per heavy atom. The van der Waals surface area contributed by atoms with E-state index in [4.69, 9.17) is 11.5 Å². The standard InChI is InChI=1S/C15H25N3O/c1-12(2)9-10-18(3)11-15(17,14(16)19)13-7-5-4-6-8-13/h4-8,12H,9-11,17H2,1-3H3,(H2,16,19). The summed E-state index contributed by atoms with van der Waals surface area (Å²) >= 11 is 0. The number of likely N-dealkylation sites (N-methyl/N-ethyl adjacent to an activating group) is 1. The van der Waals surface area contributed by atoms with Gasteiger partial charge in [0.1, 0.15) is 5.54 Å². The Bertz CT molecular complexity index is 405. The van der Waals surface area contributed by atoms with Crippen LogP contribution in [0.25, 0.3) is 0 Å². The molecule has 0 aromatic heterocycles. The van der Waals surface area contributed by atoms with Crippen molar-refractivity contribution in [3.8, 4) is 0 Å². The normalized spacial score (nSPS) is 14.6. The summed E-state index contributed by atoms with van der Waals surface area (Å²) in [5.74, 6) is 0.134. The molecule has 1 rings (SSSR count). The molecule has 1 aromatic carbocycles. The summed E-state index contributed by atoms with van der Waals surface area (Å²) in [5.41, 5.74) is 11.4. The van der Waals surface area contributed by atoms with Crippen LogP contribution in [0.2, 0.25) is 0 Å². The molecule has 0 aliphatic rings. The van der Waals surface area contributed by atoms with Gasteiger partial charge in [-0.1, -0.05) is 44.2 Å². The van der Waals surface area contributed by atoms with Crippen LogP contribution in [0.15, 0.2) is 30.3 Å². The maximum Gasteiger partial charge on any atom is 0.243 e. The number of hydrogen-bond acceptors (Lipinski definition) is 3. The van der Waals surface area contributed by atoms with Gasteiger partial charge in [-0.05, 0) is 31.5 Å². The van der Waals surface area contributed by atoms with Gasteiger partial charge in [-0.2, -0.15) is 0 Å². The first-order valence-electron chi connectivity index (χ1n) is 6.69. The van der Waals surface area contributed by atoms with E-state index in [1.807, 2.05) is 37.4 Å². The first kappa shape index (κ1) is 15.7. The molecule has 0 fully saturated rings. The second kappa shape index (κ2) is 6.68. The molecule has 0 heterocycles. The molecule has 0 saturated heterocycles. The van der Waals surface area contributed by atoms with Crippen molar-refractivity contribution in [2.75, 3.05) is 20.1 Å². The summed E-state index contributed by atoms with van der Waals surface area (Å²) in [6, 6.07) is 9.33. The van der Waals surface area contributed by atoms with Gasteiger partial charge in [0.05, 0.1) is 0 Å². The molecule has 1 aromatic rings. The van der Waals surface area contributed by atoms with Gasteiger partial charge in [0.25, 0.3) is 0 Å². The topological polar surface area (TPSA) is 72.3 Å². The highest BCUT2D eigenvalue weighted by Gasteiger charge is 2.35. The van der Waals surface area contributed by atoms with Crippen molar-refractivity contribution in [3.63, 3.8) is 0 Å². The largest absolute Gasteiger partial charge is 0.368 e. The molecule has 106 valence electrons. The predicted octanol–water partition coefficient (Wildman–Crippen LogP) is 1.30. The average molecular weight is 263 g/mol. The molecule has 0 saturated carbocycles. The number of hydrogen-bond donors (Lipinski definition) is 2. The molecule has 0 bridgehead atoms. The molecule has 0 aliphatic carbocycles. The summed E-state index contributed by atoms with van der Waals surface area (Å²) in [6.07, 6.45) is 1.07. The van der Waals surface area contributed by atoms with Crippen molar-refractivity contribution in [2.45, 2.75) is 25.8 Å². The Labute approximate surface area is 115 Å². The van der Waals surface area contributed by atoms with Crippen molar-refractivity contribution in [3.05, 3.63) is 35.9 Å². The highest BCUT2D eigenvalue weighted by Crippen LogP contribution is 2.19. The summed E-state index contributed by atoms with van der Waals surface area (Å²) in [6.45, 7) is 5.68. The van der Waals surface area contributed by atoms with Gasteiger partial charge in [-0.15, -0.1) is 0 Å². The summed E-state index contributed by atoms with van der Waals surface area (Å²) in [7, 11) is 1.97. The lowest BCUT2D eigenvalue weighted by atomic mass is 9.89. The Morgan fingerprint density at radius 1 is 1.32 bits per heavy atom. The maximum atomic E-state index is 11.8. The number of rotatable bonds is 7. The van der Waals surface area contributed by atoms with Crippen LogP contribution >= 0.6 is 0 Å². The fourth-order valence-corrected chi connectivity index (χ4v) is 2.03. The van der Waals surface area contributed by atoms with Crippen molar-refractivity contribution >= 4 is 5.91 Å². The number of nitrogens with two attached hydrogens (primary N) is 2. The molecule has 4 N–H and O–H groups in total. The van der Waals surface area contributed by atoms with Crippen LogP contribution in [0.1, 0.15) is 25.8 Å². The zero-order chi connectivity index (χ0) is 14.5. The van der Waals surface area contributed by atoms with Crippen molar-refractivity contribution in [2.24, 2.45) is 17.4 Å². The molecule has 0 spiro atoms. The number of benzene rings is 1. The lowest BCUT2D eigenvalue weighted by molar-refractivity contribution is -0.124. The maximum absolute atomic E-state index is 11.8. The summed E-state index contributed by atoms with van der Waals surface area (Å²) in [5, 5.41) is 0. The quantitative estimate of drug-likeness (QED) is 0.779. The Morgan fingerprint density at radius 3 is 2.37 bits per heavy atom. The molecule has 0 radical (unpaired) electrons. The van der Waals surface area contributed by atoms with Gasteiger partial charge in [0, 0.05) is 6.54 Å². The van der Waals surface area contributed by atoms with Gasteiger partial charge in [-0.3, -0.25) is 4.79 Å². The number of nitrogens with zero attached hydrogens (tertiary/aromatic N) is 1. The van der Waals surface area contributed by atoms with E-state index < -0.39 is 11.4 Å². The van der Waals surface area contributed by atoms with Crippen LogP contribution in [0, 0.1) is 5.92 Å².